The Labute approximate surface area is 141 Å². The first-order chi connectivity index (χ1) is 11.6. The third kappa shape index (κ3) is 3.83. The highest BCUT2D eigenvalue weighted by molar-refractivity contribution is 5.70. The Balaban J connectivity index is 1.76. The van der Waals surface area contributed by atoms with Crippen LogP contribution in [-0.4, -0.2) is 46.6 Å². The van der Waals surface area contributed by atoms with Gasteiger partial charge < -0.3 is 15.7 Å². The fraction of sp³-hybridized carbons (Fsp3) is 0.333. The second-order valence-corrected chi connectivity index (χ2v) is 6.08. The van der Waals surface area contributed by atoms with Gasteiger partial charge in [-0.25, -0.2) is 4.98 Å². The van der Waals surface area contributed by atoms with Crippen molar-refractivity contribution < 1.29 is 9.90 Å². The molecule has 0 saturated carbocycles. The van der Waals surface area contributed by atoms with Gasteiger partial charge in [-0.2, -0.15) is 0 Å². The monoisotopic (exact) mass is 326 g/mol. The lowest BCUT2D eigenvalue weighted by atomic mass is 10.1. The van der Waals surface area contributed by atoms with E-state index in [4.69, 9.17) is 5.73 Å². The molecule has 1 aliphatic rings. The number of carboxylic acids is 1. The molecule has 1 aromatic heterocycles. The van der Waals surface area contributed by atoms with Crippen molar-refractivity contribution in [3.8, 4) is 0 Å². The summed E-state index contributed by atoms with van der Waals surface area (Å²) in [7, 11) is 0. The summed E-state index contributed by atoms with van der Waals surface area (Å²) in [5, 5.41) is 9.28. The Morgan fingerprint density at radius 3 is 2.71 bits per heavy atom. The van der Waals surface area contributed by atoms with Crippen molar-refractivity contribution in [1.82, 2.24) is 9.88 Å². The van der Waals surface area contributed by atoms with Crippen LogP contribution in [0.4, 0.5) is 11.5 Å². The molecule has 0 bridgehead atoms. The fourth-order valence-electron chi connectivity index (χ4n) is 3.21. The predicted octanol–water partition coefficient (Wildman–Crippen LogP) is 1.83. The van der Waals surface area contributed by atoms with Crippen molar-refractivity contribution in [2.45, 2.75) is 19.0 Å². The summed E-state index contributed by atoms with van der Waals surface area (Å²) < 4.78 is 0. The smallest absolute Gasteiger partial charge is 0.305 e. The number of piperazine rings is 1. The molecule has 126 valence electrons. The van der Waals surface area contributed by atoms with E-state index < -0.39 is 5.97 Å². The molecular weight excluding hydrogens is 304 g/mol. The molecule has 0 spiro atoms. The van der Waals surface area contributed by atoms with Gasteiger partial charge in [0.05, 0.1) is 18.2 Å². The fourth-order valence-corrected chi connectivity index (χ4v) is 3.21. The van der Waals surface area contributed by atoms with Crippen LogP contribution in [0.2, 0.25) is 0 Å². The summed E-state index contributed by atoms with van der Waals surface area (Å²) >= 11 is 0. The number of aromatic nitrogens is 1. The van der Waals surface area contributed by atoms with Crippen molar-refractivity contribution in [2.24, 2.45) is 0 Å². The highest BCUT2D eigenvalue weighted by atomic mass is 16.4. The van der Waals surface area contributed by atoms with Gasteiger partial charge in [-0.05, 0) is 17.7 Å². The van der Waals surface area contributed by atoms with E-state index in [1.54, 1.807) is 18.3 Å². The maximum atomic E-state index is 11.3. The average Bonchev–Trinajstić information content (AvgIpc) is 2.56. The number of carboxylic acid groups (broad SMARTS) is 1. The van der Waals surface area contributed by atoms with Crippen LogP contribution in [0.1, 0.15) is 12.0 Å². The molecular formula is C18H22N4O2. The van der Waals surface area contributed by atoms with Gasteiger partial charge in [-0.15, -0.1) is 0 Å². The zero-order chi connectivity index (χ0) is 16.9. The Morgan fingerprint density at radius 2 is 2.00 bits per heavy atom. The summed E-state index contributed by atoms with van der Waals surface area (Å²) in [6.07, 6.45) is 1.77. The van der Waals surface area contributed by atoms with E-state index in [-0.39, 0.29) is 12.5 Å². The van der Waals surface area contributed by atoms with Crippen molar-refractivity contribution in [3.63, 3.8) is 0 Å². The second kappa shape index (κ2) is 7.31. The molecule has 0 radical (unpaired) electrons. The molecule has 1 aromatic carbocycles. The Kier molecular flexibility index (Phi) is 4.96. The van der Waals surface area contributed by atoms with Gasteiger partial charge in [-0.1, -0.05) is 30.3 Å². The second-order valence-electron chi connectivity index (χ2n) is 6.08. The summed E-state index contributed by atoms with van der Waals surface area (Å²) in [6.45, 7) is 3.06. The molecule has 2 aromatic rings. The molecule has 2 heterocycles. The Bertz CT molecular complexity index is 692. The number of nitrogens with two attached hydrogens (primary N) is 1. The topological polar surface area (TPSA) is 82.7 Å². The SMILES string of the molecule is Nc1cccnc1N1CCN(Cc2ccccc2)C[C@H]1CC(=O)O. The standard InChI is InChI=1S/C18H22N4O2/c19-16-7-4-8-20-18(16)22-10-9-21(13-15(22)11-17(23)24)12-14-5-2-1-3-6-14/h1-8,15H,9-13,19H2,(H,23,24)/t15-/m1/s1. The van der Waals surface area contributed by atoms with Gasteiger partial charge in [0.1, 0.15) is 0 Å². The largest absolute Gasteiger partial charge is 0.481 e. The van der Waals surface area contributed by atoms with Crippen LogP contribution in [0.3, 0.4) is 0 Å². The van der Waals surface area contributed by atoms with E-state index in [1.165, 1.54) is 5.56 Å². The van der Waals surface area contributed by atoms with Crippen LogP contribution < -0.4 is 10.6 Å². The number of hydrogen-bond donors (Lipinski definition) is 2. The minimum absolute atomic E-state index is 0.0707. The first kappa shape index (κ1) is 16.3. The van der Waals surface area contributed by atoms with Gasteiger partial charge in [0.25, 0.3) is 0 Å². The quantitative estimate of drug-likeness (QED) is 0.872. The van der Waals surface area contributed by atoms with E-state index in [0.29, 0.717) is 24.6 Å². The van der Waals surface area contributed by atoms with E-state index in [0.717, 1.165) is 13.1 Å². The number of carbonyl (C=O) groups is 1. The molecule has 3 N–H and O–H groups in total. The van der Waals surface area contributed by atoms with Crippen LogP contribution in [0.5, 0.6) is 0 Å². The summed E-state index contributed by atoms with van der Waals surface area (Å²) in [5.74, 6) is -0.121. The molecule has 1 saturated heterocycles. The molecule has 24 heavy (non-hydrogen) atoms. The third-order valence-corrected chi connectivity index (χ3v) is 4.32. The highest BCUT2D eigenvalue weighted by Crippen LogP contribution is 2.26. The van der Waals surface area contributed by atoms with Crippen LogP contribution in [0, 0.1) is 0 Å². The maximum Gasteiger partial charge on any atom is 0.305 e. The third-order valence-electron chi connectivity index (χ3n) is 4.32. The zero-order valence-electron chi connectivity index (χ0n) is 13.5. The number of hydrogen-bond acceptors (Lipinski definition) is 5. The summed E-state index contributed by atoms with van der Waals surface area (Å²) in [5.41, 5.74) is 7.86. The first-order valence-corrected chi connectivity index (χ1v) is 8.08. The highest BCUT2D eigenvalue weighted by Gasteiger charge is 2.30. The molecule has 0 unspecified atom stereocenters. The Morgan fingerprint density at radius 1 is 1.21 bits per heavy atom. The van der Waals surface area contributed by atoms with E-state index in [2.05, 4.69) is 22.0 Å². The van der Waals surface area contributed by atoms with Crippen LogP contribution in [-0.2, 0) is 11.3 Å². The lowest BCUT2D eigenvalue weighted by Gasteiger charge is -2.42. The zero-order valence-corrected chi connectivity index (χ0v) is 13.5. The first-order valence-electron chi connectivity index (χ1n) is 8.08. The number of benzene rings is 1. The molecule has 1 atom stereocenters. The number of anilines is 2. The normalized spacial score (nSPS) is 18.5. The van der Waals surface area contributed by atoms with Crippen molar-refractivity contribution in [1.29, 1.82) is 0 Å². The number of nitrogen functional groups attached to an aromatic ring is 1. The van der Waals surface area contributed by atoms with Crippen LogP contribution in [0.15, 0.2) is 48.7 Å². The molecule has 6 heteroatoms. The van der Waals surface area contributed by atoms with E-state index in [1.807, 2.05) is 23.1 Å². The van der Waals surface area contributed by atoms with Crippen molar-refractivity contribution >= 4 is 17.5 Å². The Hall–Kier alpha value is -2.60. The molecule has 1 fully saturated rings. The number of pyridine rings is 1. The lowest BCUT2D eigenvalue weighted by molar-refractivity contribution is -0.137. The summed E-state index contributed by atoms with van der Waals surface area (Å²) in [6, 6.07) is 13.7. The van der Waals surface area contributed by atoms with Crippen molar-refractivity contribution in [2.75, 3.05) is 30.3 Å². The van der Waals surface area contributed by atoms with Crippen LogP contribution in [0.25, 0.3) is 0 Å². The molecule has 6 nitrogen and oxygen atoms in total. The predicted molar refractivity (Wildman–Crippen MR) is 93.8 cm³/mol. The lowest BCUT2D eigenvalue weighted by Crippen LogP contribution is -2.54. The van der Waals surface area contributed by atoms with Gasteiger partial charge in [0.15, 0.2) is 5.82 Å². The van der Waals surface area contributed by atoms with E-state index >= 15 is 0 Å². The van der Waals surface area contributed by atoms with Gasteiger partial charge in [-0.3, -0.25) is 9.69 Å². The van der Waals surface area contributed by atoms with Crippen LogP contribution >= 0.6 is 0 Å². The number of aliphatic carboxylic acids is 1. The minimum atomic E-state index is -0.805. The van der Waals surface area contributed by atoms with Gasteiger partial charge >= 0.3 is 5.97 Å². The summed E-state index contributed by atoms with van der Waals surface area (Å²) in [4.78, 5) is 20.0. The minimum Gasteiger partial charge on any atom is -0.481 e. The van der Waals surface area contributed by atoms with Crippen molar-refractivity contribution in [3.05, 3.63) is 54.2 Å². The number of rotatable bonds is 5. The molecule has 0 amide bonds. The number of nitrogens with zero attached hydrogens (tertiary/aromatic N) is 3. The molecule has 3 rings (SSSR count). The maximum absolute atomic E-state index is 11.3. The van der Waals surface area contributed by atoms with Gasteiger partial charge in [0.2, 0.25) is 0 Å². The van der Waals surface area contributed by atoms with Gasteiger partial charge in [0, 0.05) is 32.4 Å². The van der Waals surface area contributed by atoms with E-state index in [9.17, 15) is 9.90 Å². The molecule has 0 aliphatic carbocycles. The average molecular weight is 326 g/mol. The molecule has 1 aliphatic heterocycles.